The van der Waals surface area contributed by atoms with Crippen molar-refractivity contribution in [2.24, 2.45) is 11.7 Å². The molecule has 112 valence electrons. The molecule has 0 aromatic carbocycles. The summed E-state index contributed by atoms with van der Waals surface area (Å²) in [7, 11) is 0. The first-order valence-electron chi connectivity index (χ1n) is 8.42. The molecule has 0 aliphatic carbocycles. The van der Waals surface area contributed by atoms with Crippen molar-refractivity contribution in [3.05, 3.63) is 0 Å². The summed E-state index contributed by atoms with van der Waals surface area (Å²) in [5, 5.41) is 0. The van der Waals surface area contributed by atoms with E-state index in [-0.39, 0.29) is 0 Å². The van der Waals surface area contributed by atoms with Gasteiger partial charge in [-0.1, -0.05) is 6.92 Å². The molecule has 2 N–H and O–H groups in total. The number of piperidine rings is 1. The number of hydrogen-bond donors (Lipinski definition) is 1. The van der Waals surface area contributed by atoms with Gasteiger partial charge in [0.05, 0.1) is 0 Å². The SMILES string of the molecule is CCCN1CCCC(N2CCC(C(C)N)CC2)CC1. The van der Waals surface area contributed by atoms with Crippen LogP contribution in [0.25, 0.3) is 0 Å². The average molecular weight is 267 g/mol. The van der Waals surface area contributed by atoms with Gasteiger partial charge in [-0.05, 0) is 84.1 Å². The smallest absolute Gasteiger partial charge is 0.0108 e. The molecule has 2 rings (SSSR count). The van der Waals surface area contributed by atoms with Crippen LogP contribution in [-0.2, 0) is 0 Å². The van der Waals surface area contributed by atoms with Crippen LogP contribution < -0.4 is 5.73 Å². The minimum Gasteiger partial charge on any atom is -0.328 e. The zero-order chi connectivity index (χ0) is 13.7. The molecule has 0 aromatic rings. The van der Waals surface area contributed by atoms with Gasteiger partial charge < -0.3 is 15.5 Å². The number of nitrogens with zero attached hydrogens (tertiary/aromatic N) is 2. The molecule has 0 bridgehead atoms. The van der Waals surface area contributed by atoms with Crippen molar-refractivity contribution in [1.82, 2.24) is 9.80 Å². The highest BCUT2D eigenvalue weighted by Gasteiger charge is 2.27. The summed E-state index contributed by atoms with van der Waals surface area (Å²) in [6, 6.07) is 1.23. The average Bonchev–Trinajstić information content (AvgIpc) is 2.65. The molecule has 2 aliphatic heterocycles. The van der Waals surface area contributed by atoms with E-state index in [1.54, 1.807) is 0 Å². The Kier molecular flexibility index (Phi) is 6.11. The van der Waals surface area contributed by atoms with Gasteiger partial charge >= 0.3 is 0 Å². The summed E-state index contributed by atoms with van der Waals surface area (Å²) in [5.41, 5.74) is 6.04. The monoisotopic (exact) mass is 267 g/mol. The molecule has 2 aliphatic rings. The van der Waals surface area contributed by atoms with Crippen LogP contribution in [0.5, 0.6) is 0 Å². The molecule has 0 spiro atoms. The molecule has 2 saturated heterocycles. The number of likely N-dealkylation sites (tertiary alicyclic amines) is 2. The second kappa shape index (κ2) is 7.61. The summed E-state index contributed by atoms with van der Waals surface area (Å²) in [6.07, 6.45) is 8.09. The third-order valence-electron chi connectivity index (χ3n) is 5.16. The highest BCUT2D eigenvalue weighted by atomic mass is 15.2. The van der Waals surface area contributed by atoms with Crippen LogP contribution >= 0.6 is 0 Å². The van der Waals surface area contributed by atoms with Gasteiger partial charge in [-0.25, -0.2) is 0 Å². The number of hydrogen-bond acceptors (Lipinski definition) is 3. The Morgan fingerprint density at radius 1 is 1.05 bits per heavy atom. The van der Waals surface area contributed by atoms with Crippen molar-refractivity contribution in [1.29, 1.82) is 0 Å². The van der Waals surface area contributed by atoms with E-state index in [4.69, 9.17) is 5.73 Å². The Hall–Kier alpha value is -0.120. The summed E-state index contributed by atoms with van der Waals surface area (Å²) in [6.45, 7) is 11.0. The maximum absolute atomic E-state index is 6.04. The van der Waals surface area contributed by atoms with Gasteiger partial charge in [0.2, 0.25) is 0 Å². The zero-order valence-corrected chi connectivity index (χ0v) is 13.0. The lowest BCUT2D eigenvalue weighted by molar-refractivity contribution is 0.114. The first kappa shape index (κ1) is 15.3. The van der Waals surface area contributed by atoms with E-state index >= 15 is 0 Å². The van der Waals surface area contributed by atoms with Gasteiger partial charge in [0.1, 0.15) is 0 Å². The van der Waals surface area contributed by atoms with Crippen LogP contribution in [0.15, 0.2) is 0 Å². The Labute approximate surface area is 119 Å². The molecule has 0 amide bonds. The van der Waals surface area contributed by atoms with E-state index in [1.165, 1.54) is 71.2 Å². The summed E-state index contributed by atoms with van der Waals surface area (Å²) >= 11 is 0. The molecule has 2 heterocycles. The van der Waals surface area contributed by atoms with Crippen molar-refractivity contribution < 1.29 is 0 Å². The second-order valence-electron chi connectivity index (χ2n) is 6.66. The molecule has 2 atom stereocenters. The lowest BCUT2D eigenvalue weighted by Gasteiger charge is -2.38. The predicted molar refractivity (Wildman–Crippen MR) is 82.3 cm³/mol. The van der Waals surface area contributed by atoms with E-state index in [0.717, 1.165) is 12.0 Å². The predicted octanol–water partition coefficient (Wildman–Crippen LogP) is 2.31. The molecular formula is C16H33N3. The quantitative estimate of drug-likeness (QED) is 0.848. The Bertz CT molecular complexity index is 246. The van der Waals surface area contributed by atoms with E-state index < -0.39 is 0 Å². The topological polar surface area (TPSA) is 32.5 Å². The van der Waals surface area contributed by atoms with Crippen LogP contribution in [0, 0.1) is 5.92 Å². The summed E-state index contributed by atoms with van der Waals surface area (Å²) < 4.78 is 0. The largest absolute Gasteiger partial charge is 0.328 e. The van der Waals surface area contributed by atoms with Crippen LogP contribution in [0.4, 0.5) is 0 Å². The van der Waals surface area contributed by atoms with Gasteiger partial charge in [-0.2, -0.15) is 0 Å². The van der Waals surface area contributed by atoms with Gasteiger partial charge in [-0.3, -0.25) is 0 Å². The molecule has 2 fully saturated rings. The molecule has 0 aromatic heterocycles. The van der Waals surface area contributed by atoms with Crippen molar-refractivity contribution in [2.75, 3.05) is 32.7 Å². The number of nitrogens with two attached hydrogens (primary N) is 1. The van der Waals surface area contributed by atoms with Crippen LogP contribution in [0.2, 0.25) is 0 Å². The highest BCUT2D eigenvalue weighted by Crippen LogP contribution is 2.25. The first-order chi connectivity index (χ1) is 9.20. The van der Waals surface area contributed by atoms with Crippen LogP contribution in [0.1, 0.15) is 52.4 Å². The number of rotatable bonds is 4. The molecule has 19 heavy (non-hydrogen) atoms. The maximum Gasteiger partial charge on any atom is 0.0108 e. The highest BCUT2D eigenvalue weighted by molar-refractivity contribution is 4.83. The zero-order valence-electron chi connectivity index (χ0n) is 13.0. The third-order valence-corrected chi connectivity index (χ3v) is 5.16. The molecular weight excluding hydrogens is 234 g/mol. The minimum absolute atomic E-state index is 0.385. The fourth-order valence-electron chi connectivity index (χ4n) is 3.85. The minimum atomic E-state index is 0.385. The molecule has 3 heteroatoms. The van der Waals surface area contributed by atoms with E-state index in [2.05, 4.69) is 23.6 Å². The van der Waals surface area contributed by atoms with Crippen molar-refractivity contribution in [3.8, 4) is 0 Å². The molecule has 3 nitrogen and oxygen atoms in total. The van der Waals surface area contributed by atoms with Crippen LogP contribution in [0.3, 0.4) is 0 Å². The van der Waals surface area contributed by atoms with E-state index in [9.17, 15) is 0 Å². The lowest BCUT2D eigenvalue weighted by Crippen LogP contribution is -2.44. The van der Waals surface area contributed by atoms with Crippen LogP contribution in [-0.4, -0.2) is 54.6 Å². The standard InChI is InChI=1S/C16H33N3/c1-3-9-18-10-4-5-16(8-11-18)19-12-6-15(7-13-19)14(2)17/h14-16H,3-13,17H2,1-2H3. The fraction of sp³-hybridized carbons (Fsp3) is 1.00. The van der Waals surface area contributed by atoms with Crippen molar-refractivity contribution in [3.63, 3.8) is 0 Å². The molecule has 0 saturated carbocycles. The third kappa shape index (κ3) is 4.44. The van der Waals surface area contributed by atoms with Gasteiger partial charge in [0, 0.05) is 12.1 Å². The van der Waals surface area contributed by atoms with Gasteiger partial charge in [0.15, 0.2) is 0 Å². The van der Waals surface area contributed by atoms with Crippen molar-refractivity contribution in [2.45, 2.75) is 64.5 Å². The Balaban J connectivity index is 1.77. The van der Waals surface area contributed by atoms with Gasteiger partial charge in [0.25, 0.3) is 0 Å². The first-order valence-corrected chi connectivity index (χ1v) is 8.42. The van der Waals surface area contributed by atoms with Gasteiger partial charge in [-0.15, -0.1) is 0 Å². The second-order valence-corrected chi connectivity index (χ2v) is 6.66. The van der Waals surface area contributed by atoms with E-state index in [1.807, 2.05) is 0 Å². The maximum atomic E-state index is 6.04. The normalized spacial score (nSPS) is 30.2. The van der Waals surface area contributed by atoms with E-state index in [0.29, 0.717) is 6.04 Å². The van der Waals surface area contributed by atoms with Crippen molar-refractivity contribution >= 4 is 0 Å². The summed E-state index contributed by atoms with van der Waals surface area (Å²) in [4.78, 5) is 5.42. The Morgan fingerprint density at radius 3 is 2.42 bits per heavy atom. The molecule has 0 radical (unpaired) electrons. The Morgan fingerprint density at radius 2 is 1.79 bits per heavy atom. The summed E-state index contributed by atoms with van der Waals surface area (Å²) in [5.74, 6) is 0.763. The fourth-order valence-corrected chi connectivity index (χ4v) is 3.85. The molecule has 2 unspecified atom stereocenters. The lowest BCUT2D eigenvalue weighted by atomic mass is 9.89.